The van der Waals surface area contributed by atoms with Crippen molar-refractivity contribution in [2.45, 2.75) is 6.42 Å². The number of non-ortho nitro benzene ring substituents is 1. The Labute approximate surface area is 179 Å². The molecule has 0 bridgehead atoms. The molecule has 0 spiro atoms. The van der Waals surface area contributed by atoms with Crippen molar-refractivity contribution in [1.82, 2.24) is 0 Å². The van der Waals surface area contributed by atoms with Crippen LogP contribution < -0.4 is 14.8 Å². The second-order valence-electron chi connectivity index (χ2n) is 6.13. The van der Waals surface area contributed by atoms with Gasteiger partial charge in [0, 0.05) is 23.4 Å². The van der Waals surface area contributed by atoms with E-state index >= 15 is 0 Å². The Balaban J connectivity index is 2.39. The van der Waals surface area contributed by atoms with Crippen molar-refractivity contribution in [3.63, 3.8) is 0 Å². The third kappa shape index (κ3) is 5.96. The second-order valence-corrected chi connectivity index (χ2v) is 6.13. The zero-order valence-electron chi connectivity index (χ0n) is 16.8. The normalized spacial score (nSPS) is 10.4. The fourth-order valence-corrected chi connectivity index (χ4v) is 2.71. The predicted octanol–water partition coefficient (Wildman–Crippen LogP) is 3.89. The summed E-state index contributed by atoms with van der Waals surface area (Å²) >= 11 is 0. The summed E-state index contributed by atoms with van der Waals surface area (Å²) in [7, 11) is 1.46. The first-order chi connectivity index (χ1) is 14.9. The molecule has 0 radical (unpaired) electrons. The SMILES string of the molecule is C#CCOc1c(CC=C)cc(/C=C(\C#N)C(=O)Nc2cccc([N+](=O)[O-])c2)cc1OC. The molecule has 0 aliphatic heterocycles. The Bertz CT molecular complexity index is 1120. The van der Waals surface area contributed by atoms with Gasteiger partial charge in [0.15, 0.2) is 11.5 Å². The van der Waals surface area contributed by atoms with E-state index in [1.807, 2.05) is 6.07 Å². The minimum absolute atomic E-state index is 0.0464. The average molecular weight is 417 g/mol. The van der Waals surface area contributed by atoms with Crippen LogP contribution in [0, 0.1) is 33.8 Å². The molecule has 31 heavy (non-hydrogen) atoms. The number of rotatable bonds is 9. The summed E-state index contributed by atoms with van der Waals surface area (Å²) in [6.45, 7) is 3.76. The Morgan fingerprint density at radius 1 is 1.39 bits per heavy atom. The second kappa shape index (κ2) is 10.8. The van der Waals surface area contributed by atoms with Crippen molar-refractivity contribution >= 4 is 23.4 Å². The van der Waals surface area contributed by atoms with Crippen LogP contribution in [-0.4, -0.2) is 24.5 Å². The molecule has 0 unspecified atom stereocenters. The summed E-state index contributed by atoms with van der Waals surface area (Å²) in [6.07, 6.45) is 8.76. The lowest BCUT2D eigenvalue weighted by Crippen LogP contribution is -2.13. The zero-order chi connectivity index (χ0) is 22.8. The fourth-order valence-electron chi connectivity index (χ4n) is 2.71. The van der Waals surface area contributed by atoms with Gasteiger partial charge in [0.05, 0.1) is 12.0 Å². The summed E-state index contributed by atoms with van der Waals surface area (Å²) in [5, 5.41) is 22.9. The van der Waals surface area contributed by atoms with Gasteiger partial charge in [-0.25, -0.2) is 0 Å². The van der Waals surface area contributed by atoms with Crippen molar-refractivity contribution in [1.29, 1.82) is 5.26 Å². The van der Waals surface area contributed by atoms with Gasteiger partial charge < -0.3 is 14.8 Å². The number of hydrogen-bond acceptors (Lipinski definition) is 6. The number of allylic oxidation sites excluding steroid dienone is 1. The summed E-state index contributed by atoms with van der Waals surface area (Å²) in [5.74, 6) is 2.52. The molecule has 2 aromatic rings. The van der Waals surface area contributed by atoms with Gasteiger partial charge in [-0.15, -0.1) is 13.0 Å². The van der Waals surface area contributed by atoms with E-state index < -0.39 is 10.8 Å². The standard InChI is InChI=1S/C23H19N3O5/c1-4-7-17-11-16(13-21(30-3)22(17)31-10-5-2)12-18(15-24)23(27)25-19-8-6-9-20(14-19)26(28)29/h2,4,6,8-9,11-14H,1,7,10H2,3H3,(H,25,27)/b18-12+. The summed E-state index contributed by atoms with van der Waals surface area (Å²) < 4.78 is 10.9. The minimum Gasteiger partial charge on any atom is -0.493 e. The molecule has 0 aromatic heterocycles. The third-order valence-electron chi connectivity index (χ3n) is 4.03. The Morgan fingerprint density at radius 2 is 2.16 bits per heavy atom. The monoisotopic (exact) mass is 417 g/mol. The lowest BCUT2D eigenvalue weighted by molar-refractivity contribution is -0.384. The highest BCUT2D eigenvalue weighted by atomic mass is 16.6. The first-order valence-electron chi connectivity index (χ1n) is 8.99. The van der Waals surface area contributed by atoms with Crippen LogP contribution in [0.15, 0.2) is 54.6 Å². The molecule has 2 rings (SSSR count). The van der Waals surface area contributed by atoms with Gasteiger partial charge in [0.25, 0.3) is 11.6 Å². The molecule has 0 saturated heterocycles. The molecule has 1 N–H and O–H groups in total. The number of anilines is 1. The molecule has 8 heteroatoms. The summed E-state index contributed by atoms with van der Waals surface area (Å²) in [4.78, 5) is 22.9. The van der Waals surface area contributed by atoms with Crippen molar-refractivity contribution in [3.8, 4) is 29.9 Å². The molecule has 2 aromatic carbocycles. The topological polar surface area (TPSA) is 114 Å². The fraction of sp³-hybridized carbons (Fsp3) is 0.130. The van der Waals surface area contributed by atoms with Gasteiger partial charge in [-0.2, -0.15) is 5.26 Å². The van der Waals surface area contributed by atoms with Crippen LogP contribution in [-0.2, 0) is 11.2 Å². The van der Waals surface area contributed by atoms with Crippen LogP contribution in [0.2, 0.25) is 0 Å². The van der Waals surface area contributed by atoms with Crippen LogP contribution in [0.1, 0.15) is 11.1 Å². The van der Waals surface area contributed by atoms with E-state index in [9.17, 15) is 20.2 Å². The number of nitrogens with zero attached hydrogens (tertiary/aromatic N) is 2. The quantitative estimate of drug-likeness (QED) is 0.165. The van der Waals surface area contributed by atoms with Gasteiger partial charge in [-0.05, 0) is 36.3 Å². The van der Waals surface area contributed by atoms with E-state index in [2.05, 4.69) is 17.8 Å². The number of hydrogen-bond donors (Lipinski definition) is 1. The first-order valence-corrected chi connectivity index (χ1v) is 8.99. The van der Waals surface area contributed by atoms with Crippen LogP contribution in [0.3, 0.4) is 0 Å². The van der Waals surface area contributed by atoms with Crippen molar-refractivity contribution in [2.24, 2.45) is 0 Å². The highest BCUT2D eigenvalue weighted by Crippen LogP contribution is 2.34. The number of ether oxygens (including phenoxy) is 2. The predicted molar refractivity (Wildman–Crippen MR) is 117 cm³/mol. The van der Waals surface area contributed by atoms with Crippen LogP contribution in [0.5, 0.6) is 11.5 Å². The number of methoxy groups -OCH3 is 1. The summed E-state index contributed by atoms with van der Waals surface area (Å²) in [5.41, 5.74) is 1.06. The number of nitro groups is 1. The number of terminal acetylenes is 1. The van der Waals surface area contributed by atoms with E-state index in [4.69, 9.17) is 15.9 Å². The largest absolute Gasteiger partial charge is 0.493 e. The Morgan fingerprint density at radius 3 is 2.77 bits per heavy atom. The number of nitrogens with one attached hydrogen (secondary N) is 1. The lowest BCUT2D eigenvalue weighted by Gasteiger charge is -2.14. The van der Waals surface area contributed by atoms with Gasteiger partial charge in [0.2, 0.25) is 0 Å². The maximum Gasteiger partial charge on any atom is 0.271 e. The van der Waals surface area contributed by atoms with Crippen LogP contribution in [0.25, 0.3) is 6.08 Å². The third-order valence-corrected chi connectivity index (χ3v) is 4.03. The van der Waals surface area contributed by atoms with Gasteiger partial charge >= 0.3 is 0 Å². The van der Waals surface area contributed by atoms with E-state index in [0.717, 1.165) is 0 Å². The Kier molecular flexibility index (Phi) is 7.95. The molecule has 0 atom stereocenters. The maximum absolute atomic E-state index is 12.5. The van der Waals surface area contributed by atoms with Gasteiger partial charge in [-0.1, -0.05) is 18.1 Å². The van der Waals surface area contributed by atoms with Crippen LogP contribution >= 0.6 is 0 Å². The van der Waals surface area contributed by atoms with Crippen LogP contribution in [0.4, 0.5) is 11.4 Å². The zero-order valence-corrected chi connectivity index (χ0v) is 16.8. The molecule has 0 aliphatic rings. The molecule has 156 valence electrons. The molecule has 1 amide bonds. The average Bonchev–Trinajstić information content (AvgIpc) is 2.76. The molecular weight excluding hydrogens is 398 g/mol. The van der Waals surface area contributed by atoms with Gasteiger partial charge in [0.1, 0.15) is 18.2 Å². The maximum atomic E-state index is 12.5. The minimum atomic E-state index is -0.708. The van der Waals surface area contributed by atoms with Crippen molar-refractivity contribution < 1.29 is 19.2 Å². The van der Waals surface area contributed by atoms with E-state index in [0.29, 0.717) is 29.0 Å². The van der Waals surface area contributed by atoms with Crippen molar-refractivity contribution in [2.75, 3.05) is 19.0 Å². The lowest BCUT2D eigenvalue weighted by atomic mass is 10.0. The number of nitriles is 1. The Hall–Kier alpha value is -4.56. The smallest absolute Gasteiger partial charge is 0.271 e. The molecule has 8 nitrogen and oxygen atoms in total. The molecule has 0 heterocycles. The molecular formula is C23H19N3O5. The molecule has 0 fully saturated rings. The van der Waals surface area contributed by atoms with E-state index in [1.165, 1.54) is 37.5 Å². The molecule has 0 aliphatic carbocycles. The van der Waals surface area contributed by atoms with Crippen molar-refractivity contribution in [3.05, 3.63) is 75.9 Å². The highest BCUT2D eigenvalue weighted by Gasteiger charge is 2.15. The number of amides is 1. The highest BCUT2D eigenvalue weighted by molar-refractivity contribution is 6.09. The number of benzene rings is 2. The van der Waals surface area contributed by atoms with Gasteiger partial charge in [-0.3, -0.25) is 14.9 Å². The number of carbonyl (C=O) groups is 1. The van der Waals surface area contributed by atoms with E-state index in [-0.39, 0.29) is 23.6 Å². The summed E-state index contributed by atoms with van der Waals surface area (Å²) in [6, 6.07) is 10.6. The van der Waals surface area contributed by atoms with E-state index in [1.54, 1.807) is 18.2 Å². The first kappa shape index (κ1) is 22.7. The number of nitro benzene ring substituents is 1. The molecule has 0 saturated carbocycles. The number of carbonyl (C=O) groups excluding carboxylic acids is 1.